The summed E-state index contributed by atoms with van der Waals surface area (Å²) in [6.45, 7) is 1.83. The fourth-order valence-electron chi connectivity index (χ4n) is 2.61. The lowest BCUT2D eigenvalue weighted by Crippen LogP contribution is -2.22. The van der Waals surface area contributed by atoms with E-state index in [1.807, 2.05) is 25.1 Å². The van der Waals surface area contributed by atoms with Crippen molar-refractivity contribution in [3.05, 3.63) is 68.5 Å². The number of methoxy groups -OCH3 is 1. The predicted octanol–water partition coefficient (Wildman–Crippen LogP) is 2.83. The van der Waals surface area contributed by atoms with Gasteiger partial charge in [0.2, 0.25) is 0 Å². The molecule has 0 N–H and O–H groups in total. The maximum Gasteiger partial charge on any atom is 0.325 e. The van der Waals surface area contributed by atoms with Gasteiger partial charge in [0.25, 0.3) is 11.6 Å². The minimum Gasteiger partial charge on any atom is -0.468 e. The van der Waals surface area contributed by atoms with Crippen LogP contribution in [-0.2, 0) is 16.1 Å². The number of esters is 1. The number of rotatable bonds is 4. The molecule has 2 aromatic carbocycles. The van der Waals surface area contributed by atoms with Gasteiger partial charge >= 0.3 is 5.97 Å². The van der Waals surface area contributed by atoms with Gasteiger partial charge < -0.3 is 9.30 Å². The third-order valence-electron chi connectivity index (χ3n) is 3.94. The molecule has 0 aliphatic heterocycles. The quantitative estimate of drug-likeness (QED) is 0.390. The maximum absolute atomic E-state index is 12.5. The fraction of sp³-hybridized carbons (Fsp3) is 0.167. The molecule has 3 rings (SSSR count). The van der Waals surface area contributed by atoms with Crippen LogP contribution < -0.4 is 4.80 Å². The molecule has 0 radical (unpaired) electrons. The Kier molecular flexibility index (Phi) is 5.13. The molecule has 0 atom stereocenters. The first kappa shape index (κ1) is 18.5. The highest BCUT2D eigenvalue weighted by Crippen LogP contribution is 2.21. The summed E-state index contributed by atoms with van der Waals surface area (Å²) < 4.78 is 7.27. The van der Waals surface area contributed by atoms with Gasteiger partial charge in [0, 0.05) is 17.7 Å². The zero-order valence-electron chi connectivity index (χ0n) is 14.5. The number of carbonyl (C=O) groups is 2. The Balaban J connectivity index is 2.10. The number of para-hydroxylation sites is 1. The summed E-state index contributed by atoms with van der Waals surface area (Å²) in [7, 11) is 1.29. The second-order valence-corrected chi connectivity index (χ2v) is 6.70. The number of hydrogen-bond acceptors (Lipinski definition) is 6. The number of carbonyl (C=O) groups excluding carboxylic acids is 2. The van der Waals surface area contributed by atoms with Crippen molar-refractivity contribution >= 4 is 39.1 Å². The van der Waals surface area contributed by atoms with E-state index in [1.54, 1.807) is 4.57 Å². The molecule has 0 saturated carbocycles. The van der Waals surface area contributed by atoms with E-state index < -0.39 is 16.8 Å². The highest BCUT2D eigenvalue weighted by atomic mass is 32.1. The number of aromatic nitrogens is 1. The number of benzene rings is 2. The fourth-order valence-corrected chi connectivity index (χ4v) is 3.72. The van der Waals surface area contributed by atoms with Crippen molar-refractivity contribution in [1.29, 1.82) is 0 Å². The Bertz CT molecular complexity index is 1110. The van der Waals surface area contributed by atoms with E-state index in [1.165, 1.54) is 42.7 Å². The van der Waals surface area contributed by atoms with Gasteiger partial charge in [0.1, 0.15) is 6.54 Å². The third-order valence-corrected chi connectivity index (χ3v) is 4.98. The van der Waals surface area contributed by atoms with E-state index in [0.29, 0.717) is 4.80 Å². The van der Waals surface area contributed by atoms with Crippen LogP contribution in [0.3, 0.4) is 0 Å². The van der Waals surface area contributed by atoms with Crippen LogP contribution >= 0.6 is 11.3 Å². The van der Waals surface area contributed by atoms with E-state index >= 15 is 0 Å². The first-order valence-electron chi connectivity index (χ1n) is 7.90. The van der Waals surface area contributed by atoms with Crippen molar-refractivity contribution in [3.8, 4) is 0 Å². The van der Waals surface area contributed by atoms with Crippen LogP contribution in [0.25, 0.3) is 10.2 Å². The highest BCUT2D eigenvalue weighted by Gasteiger charge is 2.14. The molecule has 8 nitrogen and oxygen atoms in total. The summed E-state index contributed by atoms with van der Waals surface area (Å²) in [6.07, 6.45) is 0. The van der Waals surface area contributed by atoms with E-state index in [2.05, 4.69) is 4.99 Å². The molecule has 138 valence electrons. The number of aryl methyl sites for hydroxylation is 1. The monoisotopic (exact) mass is 385 g/mol. The van der Waals surface area contributed by atoms with Crippen molar-refractivity contribution in [3.63, 3.8) is 0 Å². The van der Waals surface area contributed by atoms with Gasteiger partial charge in [-0.15, -0.1) is 0 Å². The van der Waals surface area contributed by atoms with Crippen molar-refractivity contribution in [2.75, 3.05) is 7.11 Å². The summed E-state index contributed by atoms with van der Waals surface area (Å²) in [5.74, 6) is -1.00. The summed E-state index contributed by atoms with van der Waals surface area (Å²) >= 11 is 1.28. The Hall–Kier alpha value is -3.33. The summed E-state index contributed by atoms with van der Waals surface area (Å²) in [4.78, 5) is 39.0. The average molecular weight is 385 g/mol. The minimum atomic E-state index is -0.548. The number of fused-ring (bicyclic) bond motifs is 1. The molecule has 0 aliphatic carbocycles. The van der Waals surface area contributed by atoms with Crippen LogP contribution in [0, 0.1) is 17.0 Å². The number of thiazole rings is 1. The van der Waals surface area contributed by atoms with E-state index in [9.17, 15) is 19.7 Å². The molecule has 3 aromatic rings. The van der Waals surface area contributed by atoms with E-state index in [0.717, 1.165) is 15.8 Å². The maximum atomic E-state index is 12.5. The van der Waals surface area contributed by atoms with Crippen molar-refractivity contribution in [1.82, 2.24) is 4.57 Å². The Morgan fingerprint density at radius 2 is 1.93 bits per heavy atom. The smallest absolute Gasteiger partial charge is 0.325 e. The lowest BCUT2D eigenvalue weighted by atomic mass is 10.2. The van der Waals surface area contributed by atoms with Gasteiger partial charge in [-0.05, 0) is 30.7 Å². The molecule has 0 fully saturated rings. The average Bonchev–Trinajstić information content (AvgIpc) is 3.00. The number of nitro groups is 1. The largest absolute Gasteiger partial charge is 0.468 e. The van der Waals surface area contributed by atoms with Crippen molar-refractivity contribution < 1.29 is 19.2 Å². The van der Waals surface area contributed by atoms with E-state index in [-0.39, 0.29) is 17.8 Å². The Labute approximate surface area is 157 Å². The molecule has 0 spiro atoms. The third kappa shape index (κ3) is 3.77. The normalized spacial score (nSPS) is 11.6. The molecule has 27 heavy (non-hydrogen) atoms. The first-order chi connectivity index (χ1) is 12.9. The second-order valence-electron chi connectivity index (χ2n) is 5.69. The van der Waals surface area contributed by atoms with Crippen LogP contribution in [0.4, 0.5) is 5.69 Å². The van der Waals surface area contributed by atoms with Gasteiger partial charge in [0.05, 0.1) is 22.2 Å². The SMILES string of the molecule is COC(=O)Cn1c(=NC(=O)c2ccc([N+](=O)[O-])cc2)sc2cccc(C)c21. The molecule has 0 saturated heterocycles. The van der Waals surface area contributed by atoms with Gasteiger partial charge in [-0.3, -0.25) is 19.7 Å². The zero-order valence-corrected chi connectivity index (χ0v) is 15.4. The lowest BCUT2D eigenvalue weighted by Gasteiger charge is -2.05. The van der Waals surface area contributed by atoms with Gasteiger partial charge in [-0.2, -0.15) is 4.99 Å². The van der Waals surface area contributed by atoms with E-state index in [4.69, 9.17) is 4.74 Å². The molecule has 1 amide bonds. The molecule has 0 aliphatic rings. The Morgan fingerprint density at radius 1 is 1.22 bits per heavy atom. The molecule has 0 bridgehead atoms. The van der Waals surface area contributed by atoms with Gasteiger partial charge in [-0.1, -0.05) is 23.5 Å². The van der Waals surface area contributed by atoms with Crippen LogP contribution in [0.15, 0.2) is 47.5 Å². The molecule has 0 unspecified atom stereocenters. The highest BCUT2D eigenvalue weighted by molar-refractivity contribution is 7.16. The number of hydrogen-bond donors (Lipinski definition) is 0. The minimum absolute atomic E-state index is 0.0757. The molecule has 1 aromatic heterocycles. The number of non-ortho nitro benzene ring substituents is 1. The molecular formula is C18H15N3O5S. The van der Waals surface area contributed by atoms with Crippen LogP contribution in [0.5, 0.6) is 0 Å². The number of amides is 1. The Morgan fingerprint density at radius 3 is 2.56 bits per heavy atom. The number of nitro benzene ring substituents is 1. The lowest BCUT2D eigenvalue weighted by molar-refractivity contribution is -0.384. The number of ether oxygens (including phenoxy) is 1. The van der Waals surface area contributed by atoms with Gasteiger partial charge in [0.15, 0.2) is 4.80 Å². The molecule has 1 heterocycles. The molecule has 9 heteroatoms. The standard InChI is InChI=1S/C18H15N3O5S/c1-11-4-3-5-14-16(11)20(10-15(22)26-2)18(27-14)19-17(23)12-6-8-13(9-7-12)21(24)25/h3-9H,10H2,1-2H3. The van der Waals surface area contributed by atoms with Crippen LogP contribution in [-0.4, -0.2) is 28.5 Å². The van der Waals surface area contributed by atoms with Crippen molar-refractivity contribution in [2.24, 2.45) is 4.99 Å². The summed E-state index contributed by atoms with van der Waals surface area (Å²) in [5.41, 5.74) is 1.87. The second kappa shape index (κ2) is 7.50. The van der Waals surface area contributed by atoms with Crippen LogP contribution in [0.1, 0.15) is 15.9 Å². The first-order valence-corrected chi connectivity index (χ1v) is 8.71. The van der Waals surface area contributed by atoms with Crippen molar-refractivity contribution in [2.45, 2.75) is 13.5 Å². The summed E-state index contributed by atoms with van der Waals surface area (Å²) in [5, 5.41) is 10.7. The topological polar surface area (TPSA) is 104 Å². The van der Waals surface area contributed by atoms with Gasteiger partial charge in [-0.25, -0.2) is 0 Å². The zero-order chi connectivity index (χ0) is 19.6. The van der Waals surface area contributed by atoms with Crippen LogP contribution in [0.2, 0.25) is 0 Å². The summed E-state index contributed by atoms with van der Waals surface area (Å²) in [6, 6.07) is 10.9. The number of nitrogens with zero attached hydrogens (tertiary/aromatic N) is 3. The molecular weight excluding hydrogens is 370 g/mol. The predicted molar refractivity (Wildman–Crippen MR) is 99.6 cm³/mol.